The number of aromatic amines is 1. The molecule has 1 aromatic heterocycles. The van der Waals surface area contributed by atoms with Crippen molar-refractivity contribution in [1.82, 2.24) is 14.9 Å². The van der Waals surface area contributed by atoms with E-state index in [2.05, 4.69) is 10.3 Å². The molecule has 4 N–H and O–H groups in total. The van der Waals surface area contributed by atoms with Crippen LogP contribution in [0.25, 0.3) is 0 Å². The summed E-state index contributed by atoms with van der Waals surface area (Å²) in [5.74, 6) is -0.156. The minimum absolute atomic E-state index is 0.0162. The van der Waals surface area contributed by atoms with E-state index in [1.54, 1.807) is 4.90 Å². The summed E-state index contributed by atoms with van der Waals surface area (Å²) in [7, 11) is 0. The number of hydrogen-bond donors (Lipinski definition) is 3. The molecule has 0 saturated carbocycles. The molecule has 0 saturated heterocycles. The number of anilines is 2. The number of hydrogen-bond acceptors (Lipinski definition) is 5. The topological polar surface area (TPSA) is 113 Å². The molecule has 8 heteroatoms. The second kappa shape index (κ2) is 9.07. The molecule has 0 radical (unpaired) electrons. The number of likely N-dealkylation sites (N-methyl/N-ethyl adjacent to an activating group) is 1. The van der Waals surface area contributed by atoms with Gasteiger partial charge in [-0.3, -0.25) is 19.1 Å². The van der Waals surface area contributed by atoms with Crippen LogP contribution in [-0.2, 0) is 11.3 Å². The summed E-state index contributed by atoms with van der Waals surface area (Å²) in [4.78, 5) is 40.8. The monoisotopic (exact) mass is 373 g/mol. The van der Waals surface area contributed by atoms with E-state index in [1.807, 2.05) is 51.1 Å². The molecule has 2 aromatic rings. The first kappa shape index (κ1) is 20.3. The number of amides is 1. The first-order valence-electron chi connectivity index (χ1n) is 9.08. The Labute approximate surface area is 158 Å². The molecule has 146 valence electrons. The molecule has 27 heavy (non-hydrogen) atoms. The van der Waals surface area contributed by atoms with Gasteiger partial charge in [0, 0.05) is 12.6 Å². The molecule has 0 spiro atoms. The molecule has 1 heterocycles. The predicted molar refractivity (Wildman–Crippen MR) is 107 cm³/mol. The zero-order chi connectivity index (χ0) is 20.0. The first-order valence-corrected chi connectivity index (χ1v) is 9.08. The smallest absolute Gasteiger partial charge is 0.330 e. The number of nitrogens with two attached hydrogens (primary N) is 1. The van der Waals surface area contributed by atoms with Crippen LogP contribution in [0.5, 0.6) is 0 Å². The van der Waals surface area contributed by atoms with E-state index in [1.165, 1.54) is 4.57 Å². The van der Waals surface area contributed by atoms with Gasteiger partial charge in [0.05, 0.1) is 13.1 Å². The van der Waals surface area contributed by atoms with Gasteiger partial charge in [-0.05, 0) is 25.8 Å². The lowest BCUT2D eigenvalue weighted by molar-refractivity contribution is -0.120. The quantitative estimate of drug-likeness (QED) is 0.636. The van der Waals surface area contributed by atoms with Crippen molar-refractivity contribution in [2.75, 3.05) is 23.7 Å². The molecule has 1 atom stereocenters. The number of rotatable bonds is 8. The SMILES string of the molecule is CC[C@@H](C)NC(=O)CN(CC)c1c(N)n(Cc2ccccc2)c(=O)[nH]c1=O. The number of nitrogen functional groups attached to an aromatic ring is 1. The van der Waals surface area contributed by atoms with Gasteiger partial charge in [0.25, 0.3) is 5.56 Å². The maximum atomic E-state index is 12.4. The summed E-state index contributed by atoms with van der Waals surface area (Å²) in [6.45, 7) is 6.32. The van der Waals surface area contributed by atoms with Crippen LogP contribution in [-0.4, -0.2) is 34.6 Å². The Morgan fingerprint density at radius 1 is 1.26 bits per heavy atom. The molecule has 8 nitrogen and oxygen atoms in total. The fourth-order valence-corrected chi connectivity index (χ4v) is 2.75. The Balaban J connectivity index is 2.37. The Morgan fingerprint density at radius 3 is 2.52 bits per heavy atom. The van der Waals surface area contributed by atoms with Crippen molar-refractivity contribution >= 4 is 17.4 Å². The Kier molecular flexibility index (Phi) is 6.81. The number of carbonyl (C=O) groups is 1. The van der Waals surface area contributed by atoms with Gasteiger partial charge < -0.3 is 16.0 Å². The molecule has 0 unspecified atom stereocenters. The molecule has 0 fully saturated rings. The normalized spacial score (nSPS) is 11.8. The molecule has 0 aliphatic heterocycles. The predicted octanol–water partition coefficient (Wildman–Crippen LogP) is 0.908. The summed E-state index contributed by atoms with van der Waals surface area (Å²) in [6, 6.07) is 9.38. The minimum atomic E-state index is -0.597. The van der Waals surface area contributed by atoms with Gasteiger partial charge in [-0.1, -0.05) is 37.3 Å². The van der Waals surface area contributed by atoms with Gasteiger partial charge in [0.2, 0.25) is 5.91 Å². The van der Waals surface area contributed by atoms with Crippen LogP contribution >= 0.6 is 0 Å². The summed E-state index contributed by atoms with van der Waals surface area (Å²) in [5.41, 5.74) is 6.01. The largest absolute Gasteiger partial charge is 0.383 e. The lowest BCUT2D eigenvalue weighted by Gasteiger charge is -2.25. The van der Waals surface area contributed by atoms with Crippen molar-refractivity contribution < 1.29 is 4.79 Å². The van der Waals surface area contributed by atoms with Crippen molar-refractivity contribution in [3.8, 4) is 0 Å². The number of nitrogens with one attached hydrogen (secondary N) is 2. The highest BCUT2D eigenvalue weighted by molar-refractivity contribution is 5.82. The summed E-state index contributed by atoms with van der Waals surface area (Å²) in [6.07, 6.45) is 0.808. The number of H-pyrrole nitrogens is 1. The van der Waals surface area contributed by atoms with E-state index in [0.717, 1.165) is 12.0 Å². The third-order valence-corrected chi connectivity index (χ3v) is 4.45. The van der Waals surface area contributed by atoms with Gasteiger partial charge in [-0.25, -0.2) is 4.79 Å². The highest BCUT2D eigenvalue weighted by Gasteiger charge is 2.20. The van der Waals surface area contributed by atoms with Crippen molar-refractivity contribution in [2.45, 2.75) is 39.8 Å². The van der Waals surface area contributed by atoms with E-state index in [0.29, 0.717) is 6.54 Å². The average Bonchev–Trinajstić information content (AvgIpc) is 2.64. The fourth-order valence-electron chi connectivity index (χ4n) is 2.75. The molecule has 0 aliphatic carbocycles. The third kappa shape index (κ3) is 4.99. The maximum absolute atomic E-state index is 12.4. The Bertz CT molecular complexity index is 888. The van der Waals surface area contributed by atoms with Crippen molar-refractivity contribution in [1.29, 1.82) is 0 Å². The molecular formula is C19H27N5O3. The zero-order valence-corrected chi connectivity index (χ0v) is 16.0. The van der Waals surface area contributed by atoms with Crippen LogP contribution in [0.1, 0.15) is 32.8 Å². The summed E-state index contributed by atoms with van der Waals surface area (Å²) in [5, 5.41) is 2.87. The Hall–Kier alpha value is -3.03. The molecule has 0 bridgehead atoms. The van der Waals surface area contributed by atoms with E-state index in [-0.39, 0.29) is 36.5 Å². The first-order chi connectivity index (χ1) is 12.9. The van der Waals surface area contributed by atoms with E-state index >= 15 is 0 Å². The highest BCUT2D eigenvalue weighted by atomic mass is 16.2. The van der Waals surface area contributed by atoms with Crippen LogP contribution in [0.3, 0.4) is 0 Å². The van der Waals surface area contributed by atoms with Gasteiger partial charge in [0.15, 0.2) is 0 Å². The fraction of sp³-hybridized carbons (Fsp3) is 0.421. The van der Waals surface area contributed by atoms with Gasteiger partial charge in [-0.2, -0.15) is 0 Å². The number of aromatic nitrogens is 2. The van der Waals surface area contributed by atoms with Crippen molar-refractivity contribution in [3.63, 3.8) is 0 Å². The maximum Gasteiger partial charge on any atom is 0.330 e. The standard InChI is InChI=1S/C19H27N5O3/c1-4-13(3)21-15(25)12-23(5-2)16-17(20)24(19(27)22-18(16)26)11-14-9-7-6-8-10-14/h6-10,13H,4-5,11-12,20H2,1-3H3,(H,21,25)(H,22,26,27)/t13-/m1/s1. The van der Waals surface area contributed by atoms with Crippen LogP contribution in [0.4, 0.5) is 11.5 Å². The molecular weight excluding hydrogens is 346 g/mol. The van der Waals surface area contributed by atoms with Crippen LogP contribution < -0.4 is 27.2 Å². The third-order valence-electron chi connectivity index (χ3n) is 4.45. The second-order valence-corrected chi connectivity index (χ2v) is 6.46. The zero-order valence-electron chi connectivity index (χ0n) is 16.0. The lowest BCUT2D eigenvalue weighted by Crippen LogP contribution is -2.44. The van der Waals surface area contributed by atoms with Crippen LogP contribution in [0.15, 0.2) is 39.9 Å². The molecule has 1 aromatic carbocycles. The molecule has 1 amide bonds. The van der Waals surface area contributed by atoms with E-state index < -0.39 is 11.2 Å². The summed E-state index contributed by atoms with van der Waals surface area (Å²) >= 11 is 0. The van der Waals surface area contributed by atoms with Crippen molar-refractivity contribution in [3.05, 3.63) is 56.7 Å². The van der Waals surface area contributed by atoms with E-state index in [9.17, 15) is 14.4 Å². The lowest BCUT2D eigenvalue weighted by atomic mass is 10.2. The molecule has 0 aliphatic rings. The van der Waals surface area contributed by atoms with Gasteiger partial charge in [0.1, 0.15) is 11.5 Å². The van der Waals surface area contributed by atoms with Crippen LogP contribution in [0.2, 0.25) is 0 Å². The highest BCUT2D eigenvalue weighted by Crippen LogP contribution is 2.17. The Morgan fingerprint density at radius 2 is 1.93 bits per heavy atom. The average molecular weight is 373 g/mol. The summed E-state index contributed by atoms with van der Waals surface area (Å²) < 4.78 is 1.31. The number of nitrogens with zero attached hydrogens (tertiary/aromatic N) is 2. The molecule has 2 rings (SSSR count). The second-order valence-electron chi connectivity index (χ2n) is 6.46. The minimum Gasteiger partial charge on any atom is -0.383 e. The van der Waals surface area contributed by atoms with Crippen LogP contribution in [0, 0.1) is 0 Å². The van der Waals surface area contributed by atoms with Gasteiger partial charge >= 0.3 is 5.69 Å². The van der Waals surface area contributed by atoms with Gasteiger partial charge in [-0.15, -0.1) is 0 Å². The van der Waals surface area contributed by atoms with Crippen molar-refractivity contribution in [2.24, 2.45) is 0 Å². The number of carbonyl (C=O) groups excluding carboxylic acids is 1. The number of benzene rings is 1. The van der Waals surface area contributed by atoms with E-state index in [4.69, 9.17) is 5.73 Å².